The van der Waals surface area contributed by atoms with Gasteiger partial charge in [-0.1, -0.05) is 26.6 Å². The number of carbonyl (C=O) groups excluding carboxylic acids is 1. The van der Waals surface area contributed by atoms with Crippen LogP contribution in [0.3, 0.4) is 0 Å². The molecule has 0 heterocycles. The molecule has 0 aromatic heterocycles. The highest BCUT2D eigenvalue weighted by Crippen LogP contribution is 2.15. The van der Waals surface area contributed by atoms with Gasteiger partial charge in [-0.2, -0.15) is 0 Å². The average Bonchev–Trinajstić information content (AvgIpc) is 1.60. The largest absolute Gasteiger partial charge is 0.369 e. The number of carbonyl (C=O) groups is 1. The van der Waals surface area contributed by atoms with Gasteiger partial charge in [0.2, 0.25) is 5.91 Å². The number of primary amides is 1. The third kappa shape index (κ3) is 4.55. The van der Waals surface area contributed by atoms with Gasteiger partial charge in [-0.15, -0.1) is 0 Å². The average molecular weight is 159 g/mol. The SMILES string of the molecule is CC(C[Si](C)(C)C)C(N)=O. The Labute approximate surface area is 63.8 Å². The molecule has 1 amide bonds. The summed E-state index contributed by atoms with van der Waals surface area (Å²) in [5, 5.41) is 0. The highest BCUT2D eigenvalue weighted by atomic mass is 28.3. The molecular formula is C7H17NOSi. The van der Waals surface area contributed by atoms with Crippen LogP contribution >= 0.6 is 0 Å². The lowest BCUT2D eigenvalue weighted by Crippen LogP contribution is -2.30. The number of hydrogen-bond acceptors (Lipinski definition) is 1. The Bertz CT molecular complexity index is 128. The van der Waals surface area contributed by atoms with Gasteiger partial charge in [0.15, 0.2) is 0 Å². The first-order chi connectivity index (χ1) is 4.33. The van der Waals surface area contributed by atoms with E-state index in [1.807, 2.05) is 6.92 Å². The van der Waals surface area contributed by atoms with Crippen LogP contribution in [-0.4, -0.2) is 14.0 Å². The molecule has 0 spiro atoms. The van der Waals surface area contributed by atoms with Crippen molar-refractivity contribution in [1.82, 2.24) is 0 Å². The summed E-state index contributed by atoms with van der Waals surface area (Å²) < 4.78 is 0. The number of amides is 1. The normalized spacial score (nSPS) is 14.8. The molecular weight excluding hydrogens is 142 g/mol. The monoisotopic (exact) mass is 159 g/mol. The molecule has 0 aromatic rings. The Balaban J connectivity index is 3.80. The van der Waals surface area contributed by atoms with E-state index in [0.717, 1.165) is 6.04 Å². The molecule has 10 heavy (non-hydrogen) atoms. The van der Waals surface area contributed by atoms with Gasteiger partial charge in [-0.3, -0.25) is 4.79 Å². The molecule has 1 unspecified atom stereocenters. The van der Waals surface area contributed by atoms with E-state index in [0.29, 0.717) is 0 Å². The van der Waals surface area contributed by atoms with Crippen molar-refractivity contribution in [2.75, 3.05) is 0 Å². The molecule has 0 aliphatic carbocycles. The fourth-order valence-electron chi connectivity index (χ4n) is 1.02. The van der Waals surface area contributed by atoms with Crippen LogP contribution in [-0.2, 0) is 4.79 Å². The number of rotatable bonds is 3. The van der Waals surface area contributed by atoms with Crippen molar-refractivity contribution in [3.8, 4) is 0 Å². The van der Waals surface area contributed by atoms with E-state index in [4.69, 9.17) is 5.73 Å². The van der Waals surface area contributed by atoms with E-state index < -0.39 is 8.07 Å². The topological polar surface area (TPSA) is 43.1 Å². The molecule has 0 bridgehead atoms. The second kappa shape index (κ2) is 3.19. The summed E-state index contributed by atoms with van der Waals surface area (Å²) in [5.74, 6) is -0.103. The third-order valence-corrected chi connectivity index (χ3v) is 3.24. The highest BCUT2D eigenvalue weighted by molar-refractivity contribution is 6.76. The van der Waals surface area contributed by atoms with Crippen LogP contribution in [0.1, 0.15) is 6.92 Å². The predicted molar refractivity (Wildman–Crippen MR) is 46.5 cm³/mol. The zero-order chi connectivity index (χ0) is 8.36. The fraction of sp³-hybridized carbons (Fsp3) is 0.857. The maximum absolute atomic E-state index is 10.6. The van der Waals surface area contributed by atoms with Gasteiger partial charge in [-0.25, -0.2) is 0 Å². The summed E-state index contributed by atoms with van der Waals surface area (Å²) in [6.45, 7) is 8.63. The minimum atomic E-state index is -1.08. The third-order valence-electron chi connectivity index (χ3n) is 1.40. The van der Waals surface area contributed by atoms with Gasteiger partial charge in [0.1, 0.15) is 0 Å². The summed E-state index contributed by atoms with van der Waals surface area (Å²) in [6, 6.07) is 1.00. The Morgan fingerprint density at radius 1 is 1.50 bits per heavy atom. The van der Waals surface area contributed by atoms with Crippen molar-refractivity contribution in [3.63, 3.8) is 0 Å². The molecule has 0 aliphatic heterocycles. The van der Waals surface area contributed by atoms with Crippen LogP contribution in [0.15, 0.2) is 0 Å². The first-order valence-electron chi connectivity index (χ1n) is 3.62. The zero-order valence-corrected chi connectivity index (χ0v) is 8.27. The van der Waals surface area contributed by atoms with Gasteiger partial charge >= 0.3 is 0 Å². The van der Waals surface area contributed by atoms with Gasteiger partial charge in [0.05, 0.1) is 0 Å². The minimum Gasteiger partial charge on any atom is -0.369 e. The van der Waals surface area contributed by atoms with Gasteiger partial charge < -0.3 is 5.73 Å². The Morgan fingerprint density at radius 2 is 1.90 bits per heavy atom. The molecule has 60 valence electrons. The van der Waals surface area contributed by atoms with Crippen molar-refractivity contribution >= 4 is 14.0 Å². The second-order valence-corrected chi connectivity index (χ2v) is 9.60. The van der Waals surface area contributed by atoms with Crippen molar-refractivity contribution in [3.05, 3.63) is 0 Å². The lowest BCUT2D eigenvalue weighted by molar-refractivity contribution is -0.120. The van der Waals surface area contributed by atoms with Gasteiger partial charge in [0.25, 0.3) is 0 Å². The molecule has 0 fully saturated rings. The van der Waals surface area contributed by atoms with Gasteiger partial charge in [-0.05, 0) is 6.04 Å². The van der Waals surface area contributed by atoms with E-state index in [-0.39, 0.29) is 11.8 Å². The van der Waals surface area contributed by atoms with Crippen molar-refractivity contribution in [2.45, 2.75) is 32.6 Å². The van der Waals surface area contributed by atoms with Crippen LogP contribution in [0, 0.1) is 5.92 Å². The van der Waals surface area contributed by atoms with Crippen LogP contribution < -0.4 is 5.73 Å². The molecule has 0 aromatic carbocycles. The maximum atomic E-state index is 10.6. The number of nitrogens with two attached hydrogens (primary N) is 1. The lowest BCUT2D eigenvalue weighted by Gasteiger charge is -2.18. The molecule has 3 heteroatoms. The first kappa shape index (κ1) is 9.69. The minimum absolute atomic E-state index is 0.0617. The van der Waals surface area contributed by atoms with Crippen LogP contribution in [0.5, 0.6) is 0 Å². The molecule has 1 atom stereocenters. The first-order valence-corrected chi connectivity index (χ1v) is 7.33. The van der Waals surface area contributed by atoms with E-state index in [9.17, 15) is 4.79 Å². The molecule has 0 rings (SSSR count). The summed E-state index contributed by atoms with van der Waals surface area (Å²) in [6.07, 6.45) is 0. The van der Waals surface area contributed by atoms with Crippen LogP contribution in [0.25, 0.3) is 0 Å². The molecule has 0 saturated heterocycles. The molecule has 2 nitrogen and oxygen atoms in total. The van der Waals surface area contributed by atoms with Crippen LogP contribution in [0.2, 0.25) is 25.7 Å². The van der Waals surface area contributed by atoms with Crippen molar-refractivity contribution < 1.29 is 4.79 Å². The predicted octanol–water partition coefficient (Wildman–Crippen LogP) is 1.45. The maximum Gasteiger partial charge on any atom is 0.219 e. The highest BCUT2D eigenvalue weighted by Gasteiger charge is 2.20. The van der Waals surface area contributed by atoms with E-state index in [1.54, 1.807) is 0 Å². The smallest absolute Gasteiger partial charge is 0.219 e. The standard InChI is InChI=1S/C7H17NOSi/c1-6(7(8)9)5-10(2,3)4/h6H,5H2,1-4H3,(H2,8,9). The van der Waals surface area contributed by atoms with Crippen molar-refractivity contribution in [2.24, 2.45) is 11.7 Å². The summed E-state index contributed by atoms with van der Waals surface area (Å²) in [5.41, 5.74) is 5.13. The van der Waals surface area contributed by atoms with E-state index >= 15 is 0 Å². The molecule has 0 saturated carbocycles. The molecule has 0 radical (unpaired) electrons. The summed E-state index contributed by atoms with van der Waals surface area (Å²) >= 11 is 0. The number of hydrogen-bond donors (Lipinski definition) is 1. The second-order valence-electron chi connectivity index (χ2n) is 4.07. The fourth-order valence-corrected chi connectivity index (χ4v) is 3.06. The molecule has 0 aliphatic rings. The Morgan fingerprint density at radius 3 is 2.00 bits per heavy atom. The van der Waals surface area contributed by atoms with Crippen LogP contribution in [0.4, 0.5) is 0 Å². The van der Waals surface area contributed by atoms with E-state index in [1.165, 1.54) is 0 Å². The Hall–Kier alpha value is -0.313. The zero-order valence-electron chi connectivity index (χ0n) is 7.27. The summed E-state index contributed by atoms with van der Waals surface area (Å²) in [7, 11) is -1.08. The van der Waals surface area contributed by atoms with E-state index in [2.05, 4.69) is 19.6 Å². The Kier molecular flexibility index (Phi) is 3.09. The van der Waals surface area contributed by atoms with Crippen molar-refractivity contribution in [1.29, 1.82) is 0 Å². The van der Waals surface area contributed by atoms with Gasteiger partial charge in [0, 0.05) is 14.0 Å². The molecule has 2 N–H and O–H groups in total. The lowest BCUT2D eigenvalue weighted by atomic mass is 10.2. The quantitative estimate of drug-likeness (QED) is 0.622. The summed E-state index contributed by atoms with van der Waals surface area (Å²) in [4.78, 5) is 10.6.